The molecule has 0 spiro atoms. The molecule has 0 unspecified atom stereocenters. The van der Waals surface area contributed by atoms with Gasteiger partial charge in [-0.15, -0.1) is 11.8 Å². The molecule has 0 heterocycles. The van der Waals surface area contributed by atoms with Crippen molar-refractivity contribution in [3.63, 3.8) is 0 Å². The molecule has 0 fully saturated rings. The first-order valence-electron chi connectivity index (χ1n) is 3.81. The normalized spacial score (nSPS) is 9.23. The Hall–Kier alpha value is -1.22. The van der Waals surface area contributed by atoms with Crippen LogP contribution in [0.3, 0.4) is 0 Å². The molecule has 0 aliphatic rings. The fraction of sp³-hybridized carbons (Fsp3) is 0.100. The Kier molecular flexibility index (Phi) is 4.12. The van der Waals surface area contributed by atoms with E-state index < -0.39 is 0 Å². The van der Waals surface area contributed by atoms with E-state index in [1.807, 2.05) is 30.3 Å². The summed E-state index contributed by atoms with van der Waals surface area (Å²) in [5.41, 5.74) is 0. The Labute approximate surface area is 81.6 Å². The lowest BCUT2D eigenvalue weighted by molar-refractivity contribution is -0.134. The molecule has 0 radical (unpaired) electrons. The van der Waals surface area contributed by atoms with Crippen molar-refractivity contribution in [1.29, 1.82) is 0 Å². The number of esters is 1. The van der Waals surface area contributed by atoms with Gasteiger partial charge in [0.2, 0.25) is 0 Å². The lowest BCUT2D eigenvalue weighted by Gasteiger charge is -1.98. The maximum atomic E-state index is 10.9. The molecule has 0 bridgehead atoms. The third-order valence-corrected chi connectivity index (χ3v) is 2.30. The number of hydrogen-bond donors (Lipinski definition) is 0. The number of thioether (sulfide) groups is 1. The second kappa shape index (κ2) is 5.43. The Morgan fingerprint density at radius 2 is 2.15 bits per heavy atom. The molecular weight excluding hydrogens is 184 g/mol. The Bertz CT molecular complexity index is 282. The first kappa shape index (κ1) is 9.86. The topological polar surface area (TPSA) is 26.3 Å². The van der Waals surface area contributed by atoms with Crippen molar-refractivity contribution < 1.29 is 9.53 Å². The number of rotatable bonds is 4. The highest BCUT2D eigenvalue weighted by Crippen LogP contribution is 2.16. The second-order valence-electron chi connectivity index (χ2n) is 2.26. The van der Waals surface area contributed by atoms with E-state index in [1.165, 1.54) is 11.8 Å². The molecule has 0 saturated carbocycles. The van der Waals surface area contributed by atoms with E-state index in [0.717, 1.165) is 11.2 Å². The summed E-state index contributed by atoms with van der Waals surface area (Å²) in [5.74, 6) is 0.0413. The first-order chi connectivity index (χ1) is 6.33. The predicted molar refractivity (Wildman–Crippen MR) is 53.5 cm³/mol. The van der Waals surface area contributed by atoms with Crippen LogP contribution in [0.1, 0.15) is 0 Å². The van der Waals surface area contributed by atoms with Crippen molar-refractivity contribution in [3.05, 3.63) is 43.2 Å². The number of hydrogen-bond acceptors (Lipinski definition) is 3. The maximum absolute atomic E-state index is 10.9. The van der Waals surface area contributed by atoms with E-state index >= 15 is 0 Å². The predicted octanol–water partition coefficient (Wildman–Crippen LogP) is 2.47. The summed E-state index contributed by atoms with van der Waals surface area (Å²) in [6.07, 6.45) is 1.15. The van der Waals surface area contributed by atoms with Gasteiger partial charge >= 0.3 is 5.97 Å². The van der Waals surface area contributed by atoms with Crippen LogP contribution in [0.2, 0.25) is 0 Å². The first-order valence-corrected chi connectivity index (χ1v) is 4.79. The molecule has 0 atom stereocenters. The molecule has 13 heavy (non-hydrogen) atoms. The van der Waals surface area contributed by atoms with E-state index in [0.29, 0.717) is 5.75 Å². The van der Waals surface area contributed by atoms with Gasteiger partial charge in [0.15, 0.2) is 0 Å². The number of benzene rings is 1. The van der Waals surface area contributed by atoms with E-state index in [-0.39, 0.29) is 5.97 Å². The van der Waals surface area contributed by atoms with Crippen molar-refractivity contribution in [3.8, 4) is 0 Å². The molecule has 0 aliphatic heterocycles. The zero-order valence-electron chi connectivity index (χ0n) is 7.10. The van der Waals surface area contributed by atoms with Crippen LogP contribution in [-0.2, 0) is 9.53 Å². The minimum Gasteiger partial charge on any atom is -0.435 e. The van der Waals surface area contributed by atoms with Gasteiger partial charge in [0.25, 0.3) is 0 Å². The minimum absolute atomic E-state index is 0.274. The highest BCUT2D eigenvalue weighted by molar-refractivity contribution is 8.00. The highest BCUT2D eigenvalue weighted by atomic mass is 32.2. The standard InChI is InChI=1S/C10H10O2S/c1-2-12-10(11)8-13-9-6-4-3-5-7-9/h2-7H,1,8H2. The van der Waals surface area contributed by atoms with E-state index in [9.17, 15) is 4.79 Å². The fourth-order valence-electron chi connectivity index (χ4n) is 0.786. The van der Waals surface area contributed by atoms with Crippen molar-refractivity contribution in [1.82, 2.24) is 0 Å². The molecule has 68 valence electrons. The Morgan fingerprint density at radius 3 is 2.77 bits per heavy atom. The molecule has 0 saturated heterocycles. The molecule has 3 heteroatoms. The van der Waals surface area contributed by atoms with Gasteiger partial charge in [-0.05, 0) is 12.1 Å². The molecule has 0 amide bonds. The summed E-state index contributed by atoms with van der Waals surface area (Å²) >= 11 is 1.45. The molecule has 1 aromatic carbocycles. The van der Waals surface area contributed by atoms with Crippen LogP contribution < -0.4 is 0 Å². The largest absolute Gasteiger partial charge is 0.435 e. The van der Waals surface area contributed by atoms with Gasteiger partial charge in [-0.1, -0.05) is 24.8 Å². The summed E-state index contributed by atoms with van der Waals surface area (Å²) in [7, 11) is 0. The van der Waals surface area contributed by atoms with Crippen LogP contribution in [0.15, 0.2) is 48.1 Å². The number of carbonyl (C=O) groups excluding carboxylic acids is 1. The molecule has 0 N–H and O–H groups in total. The summed E-state index contributed by atoms with van der Waals surface area (Å²) < 4.78 is 4.57. The summed E-state index contributed by atoms with van der Waals surface area (Å²) in [6.45, 7) is 3.30. The van der Waals surface area contributed by atoms with Crippen molar-refractivity contribution >= 4 is 17.7 Å². The van der Waals surface area contributed by atoms with Crippen LogP contribution in [0.25, 0.3) is 0 Å². The monoisotopic (exact) mass is 194 g/mol. The molecule has 2 nitrogen and oxygen atoms in total. The smallest absolute Gasteiger partial charge is 0.321 e. The minimum atomic E-state index is -0.274. The van der Waals surface area contributed by atoms with Crippen molar-refractivity contribution in [2.75, 3.05) is 5.75 Å². The SMILES string of the molecule is C=COC(=O)CSc1ccccc1. The van der Waals surface area contributed by atoms with E-state index in [2.05, 4.69) is 11.3 Å². The molecule has 1 rings (SSSR count). The van der Waals surface area contributed by atoms with E-state index in [1.54, 1.807) is 0 Å². The zero-order valence-corrected chi connectivity index (χ0v) is 7.92. The molecule has 1 aromatic rings. The number of ether oxygens (including phenoxy) is 1. The van der Waals surface area contributed by atoms with Crippen LogP contribution in [0.5, 0.6) is 0 Å². The zero-order chi connectivity index (χ0) is 9.52. The third-order valence-electron chi connectivity index (χ3n) is 1.31. The van der Waals surface area contributed by atoms with Gasteiger partial charge in [0, 0.05) is 4.90 Å². The lowest BCUT2D eigenvalue weighted by Crippen LogP contribution is -2.01. The van der Waals surface area contributed by atoms with Crippen LogP contribution in [-0.4, -0.2) is 11.7 Å². The van der Waals surface area contributed by atoms with Crippen LogP contribution in [0, 0.1) is 0 Å². The van der Waals surface area contributed by atoms with Gasteiger partial charge < -0.3 is 4.74 Å². The van der Waals surface area contributed by atoms with Gasteiger partial charge in [-0.2, -0.15) is 0 Å². The van der Waals surface area contributed by atoms with Crippen molar-refractivity contribution in [2.24, 2.45) is 0 Å². The Balaban J connectivity index is 2.35. The molecule has 0 aromatic heterocycles. The van der Waals surface area contributed by atoms with Crippen LogP contribution >= 0.6 is 11.8 Å². The average molecular weight is 194 g/mol. The lowest BCUT2D eigenvalue weighted by atomic mass is 10.4. The summed E-state index contributed by atoms with van der Waals surface area (Å²) in [4.78, 5) is 12.0. The average Bonchev–Trinajstić information content (AvgIpc) is 2.17. The second-order valence-corrected chi connectivity index (χ2v) is 3.31. The maximum Gasteiger partial charge on any atom is 0.321 e. The van der Waals surface area contributed by atoms with Gasteiger partial charge in [-0.25, -0.2) is 0 Å². The molecule has 0 aliphatic carbocycles. The molecular formula is C10H10O2S. The third kappa shape index (κ3) is 3.80. The quantitative estimate of drug-likeness (QED) is 0.418. The summed E-state index contributed by atoms with van der Waals surface area (Å²) in [5, 5.41) is 0. The van der Waals surface area contributed by atoms with E-state index in [4.69, 9.17) is 0 Å². The highest BCUT2D eigenvalue weighted by Gasteiger charge is 2.01. The van der Waals surface area contributed by atoms with Crippen molar-refractivity contribution in [2.45, 2.75) is 4.90 Å². The fourth-order valence-corrected chi connectivity index (χ4v) is 1.49. The number of carbonyl (C=O) groups is 1. The van der Waals surface area contributed by atoms with Gasteiger partial charge in [-0.3, -0.25) is 4.79 Å². The van der Waals surface area contributed by atoms with Gasteiger partial charge in [0.05, 0.1) is 12.0 Å². The van der Waals surface area contributed by atoms with Gasteiger partial charge in [0.1, 0.15) is 0 Å². The van der Waals surface area contributed by atoms with Crippen LogP contribution in [0.4, 0.5) is 0 Å². The summed E-state index contributed by atoms with van der Waals surface area (Å²) in [6, 6.07) is 9.70. The Morgan fingerprint density at radius 1 is 1.46 bits per heavy atom.